The van der Waals surface area contributed by atoms with Crippen LogP contribution in [0.5, 0.6) is 0 Å². The third-order valence-corrected chi connectivity index (χ3v) is 5.23. The van der Waals surface area contributed by atoms with Crippen LogP contribution in [0.1, 0.15) is 42.6 Å². The van der Waals surface area contributed by atoms with Crippen molar-refractivity contribution in [2.45, 2.75) is 33.2 Å². The summed E-state index contributed by atoms with van der Waals surface area (Å²) < 4.78 is 5.12. The summed E-state index contributed by atoms with van der Waals surface area (Å²) in [5, 5.41) is 9.64. The maximum atomic E-state index is 12.9. The highest BCUT2D eigenvalue weighted by atomic mass is 16.5. The summed E-state index contributed by atoms with van der Waals surface area (Å²) >= 11 is 0. The van der Waals surface area contributed by atoms with E-state index in [1.54, 1.807) is 29.0 Å². The molecule has 2 amide bonds. The number of carboxylic acids is 1. The number of aliphatic carboxylic acids is 1. The van der Waals surface area contributed by atoms with Crippen molar-refractivity contribution in [1.29, 1.82) is 0 Å². The summed E-state index contributed by atoms with van der Waals surface area (Å²) in [7, 11) is 3.24. The van der Waals surface area contributed by atoms with E-state index in [1.807, 2.05) is 26.0 Å². The maximum absolute atomic E-state index is 12.9. The number of ether oxygens (including phenoxy) is 1. The van der Waals surface area contributed by atoms with Crippen LogP contribution in [-0.4, -0.2) is 66.5 Å². The van der Waals surface area contributed by atoms with Gasteiger partial charge in [0.05, 0.1) is 6.61 Å². The third-order valence-electron chi connectivity index (χ3n) is 5.23. The average molecular weight is 390 g/mol. The number of carbonyl (C=O) groups is 3. The molecule has 0 aliphatic carbocycles. The first-order valence-corrected chi connectivity index (χ1v) is 9.55. The zero-order valence-electron chi connectivity index (χ0n) is 17.1. The van der Waals surface area contributed by atoms with E-state index < -0.39 is 11.4 Å². The lowest BCUT2D eigenvalue weighted by atomic mass is 9.80. The fourth-order valence-corrected chi connectivity index (χ4v) is 3.66. The number of amides is 2. The van der Waals surface area contributed by atoms with E-state index in [9.17, 15) is 19.5 Å². The fourth-order valence-electron chi connectivity index (χ4n) is 3.66. The molecule has 0 bridgehead atoms. The standard InChI is InChI=1S/C21H30N2O5/c1-15(2)18(24)22(3)12-16-6-8-17(9-7-16)19(25)23-11-5-10-21(13-23,14-28-4)20(26)27/h6-9,15H,5,10-14H2,1-4H3,(H,26,27). The second-order valence-corrected chi connectivity index (χ2v) is 7.89. The van der Waals surface area contributed by atoms with Crippen molar-refractivity contribution in [3.8, 4) is 0 Å². The van der Waals surface area contributed by atoms with E-state index in [2.05, 4.69) is 0 Å². The lowest BCUT2D eigenvalue weighted by Gasteiger charge is -2.39. The van der Waals surface area contributed by atoms with Gasteiger partial charge in [-0.1, -0.05) is 26.0 Å². The summed E-state index contributed by atoms with van der Waals surface area (Å²) in [5.74, 6) is -1.11. The monoisotopic (exact) mass is 390 g/mol. The number of nitrogens with zero attached hydrogens (tertiary/aromatic N) is 2. The van der Waals surface area contributed by atoms with Crippen molar-refractivity contribution in [3.63, 3.8) is 0 Å². The molecule has 1 atom stereocenters. The van der Waals surface area contributed by atoms with Crippen LogP contribution in [0.4, 0.5) is 0 Å². The summed E-state index contributed by atoms with van der Waals surface area (Å²) in [6, 6.07) is 7.14. The number of carbonyl (C=O) groups excluding carboxylic acids is 2. The van der Waals surface area contributed by atoms with Gasteiger partial charge >= 0.3 is 5.97 Å². The molecule has 1 heterocycles. The van der Waals surface area contributed by atoms with Crippen molar-refractivity contribution >= 4 is 17.8 Å². The Kier molecular flexibility index (Phi) is 7.18. The molecule has 1 fully saturated rings. The first kappa shape index (κ1) is 21.9. The van der Waals surface area contributed by atoms with Crippen molar-refractivity contribution in [1.82, 2.24) is 9.80 Å². The van der Waals surface area contributed by atoms with Crippen LogP contribution in [0, 0.1) is 11.3 Å². The Hall–Kier alpha value is -2.41. The van der Waals surface area contributed by atoms with Gasteiger partial charge in [-0.05, 0) is 30.5 Å². The van der Waals surface area contributed by atoms with Crippen molar-refractivity contribution < 1.29 is 24.2 Å². The Labute approximate surface area is 166 Å². The van der Waals surface area contributed by atoms with Gasteiger partial charge in [0, 0.05) is 45.3 Å². The molecule has 28 heavy (non-hydrogen) atoms. The van der Waals surface area contributed by atoms with Gasteiger partial charge in [0.1, 0.15) is 5.41 Å². The molecular formula is C21H30N2O5. The molecule has 7 heteroatoms. The molecule has 1 aromatic rings. The number of hydrogen-bond donors (Lipinski definition) is 1. The van der Waals surface area contributed by atoms with E-state index in [0.717, 1.165) is 5.56 Å². The molecular weight excluding hydrogens is 360 g/mol. The molecule has 1 aliphatic heterocycles. The average Bonchev–Trinajstić information content (AvgIpc) is 2.67. The summed E-state index contributed by atoms with van der Waals surface area (Å²) in [6.45, 7) is 4.96. The van der Waals surface area contributed by atoms with E-state index in [0.29, 0.717) is 31.5 Å². The number of benzene rings is 1. The molecule has 1 aromatic carbocycles. The van der Waals surface area contributed by atoms with Crippen LogP contribution in [0.25, 0.3) is 0 Å². The Morgan fingerprint density at radius 2 is 1.89 bits per heavy atom. The SMILES string of the molecule is COCC1(C(=O)O)CCCN(C(=O)c2ccc(CN(C)C(=O)C(C)C)cc2)C1. The zero-order valence-corrected chi connectivity index (χ0v) is 17.1. The molecule has 154 valence electrons. The van der Waals surface area contributed by atoms with Gasteiger partial charge in [-0.15, -0.1) is 0 Å². The molecule has 1 saturated heterocycles. The van der Waals surface area contributed by atoms with E-state index >= 15 is 0 Å². The Morgan fingerprint density at radius 1 is 1.25 bits per heavy atom. The molecule has 1 N–H and O–H groups in total. The van der Waals surface area contributed by atoms with Crippen LogP contribution in [-0.2, 0) is 20.9 Å². The van der Waals surface area contributed by atoms with Crippen LogP contribution >= 0.6 is 0 Å². The first-order valence-electron chi connectivity index (χ1n) is 9.55. The van der Waals surface area contributed by atoms with Gasteiger partial charge in [-0.25, -0.2) is 0 Å². The topological polar surface area (TPSA) is 87.2 Å². The number of rotatable bonds is 7. The smallest absolute Gasteiger partial charge is 0.313 e. The summed E-state index contributed by atoms with van der Waals surface area (Å²) in [4.78, 5) is 39.9. The van der Waals surface area contributed by atoms with Crippen LogP contribution < -0.4 is 0 Å². The number of hydrogen-bond acceptors (Lipinski definition) is 4. The second kappa shape index (κ2) is 9.19. The largest absolute Gasteiger partial charge is 0.481 e. The van der Waals surface area contributed by atoms with Gasteiger partial charge < -0.3 is 19.6 Å². The molecule has 2 rings (SSSR count). The van der Waals surface area contributed by atoms with Crippen LogP contribution in [0.15, 0.2) is 24.3 Å². The van der Waals surface area contributed by atoms with E-state index in [1.165, 1.54) is 7.11 Å². The zero-order chi connectivity index (χ0) is 20.9. The van der Waals surface area contributed by atoms with Gasteiger partial charge in [-0.3, -0.25) is 14.4 Å². The number of carboxylic acid groups (broad SMARTS) is 1. The molecule has 0 spiro atoms. The van der Waals surface area contributed by atoms with Crippen molar-refractivity contribution in [3.05, 3.63) is 35.4 Å². The van der Waals surface area contributed by atoms with Crippen molar-refractivity contribution in [2.75, 3.05) is 33.9 Å². The second-order valence-electron chi connectivity index (χ2n) is 7.89. The van der Waals surface area contributed by atoms with E-state index in [4.69, 9.17) is 4.74 Å². The van der Waals surface area contributed by atoms with Gasteiger partial charge in [0.15, 0.2) is 0 Å². The fraction of sp³-hybridized carbons (Fsp3) is 0.571. The first-order chi connectivity index (χ1) is 13.2. The summed E-state index contributed by atoms with van der Waals surface area (Å²) in [6.07, 6.45) is 1.12. The highest BCUT2D eigenvalue weighted by molar-refractivity contribution is 5.94. The van der Waals surface area contributed by atoms with Crippen LogP contribution in [0.2, 0.25) is 0 Å². The minimum atomic E-state index is -1.05. The minimum absolute atomic E-state index is 0.0634. The highest BCUT2D eigenvalue weighted by Crippen LogP contribution is 2.31. The normalized spacial score (nSPS) is 19.5. The predicted octanol–water partition coefficient (Wildman–Crippen LogP) is 2.25. The van der Waals surface area contributed by atoms with Crippen LogP contribution in [0.3, 0.4) is 0 Å². The quantitative estimate of drug-likeness (QED) is 0.772. The van der Waals surface area contributed by atoms with Gasteiger partial charge in [-0.2, -0.15) is 0 Å². The number of likely N-dealkylation sites (tertiary alicyclic amines) is 1. The molecule has 0 saturated carbocycles. The molecule has 0 radical (unpaired) electrons. The number of piperidine rings is 1. The minimum Gasteiger partial charge on any atom is -0.481 e. The molecule has 1 aliphatic rings. The molecule has 1 unspecified atom stereocenters. The number of methoxy groups -OCH3 is 1. The molecule has 7 nitrogen and oxygen atoms in total. The Balaban J connectivity index is 2.08. The Bertz CT molecular complexity index is 712. The maximum Gasteiger partial charge on any atom is 0.313 e. The molecule has 0 aromatic heterocycles. The Morgan fingerprint density at radius 3 is 2.43 bits per heavy atom. The van der Waals surface area contributed by atoms with Gasteiger partial charge in [0.2, 0.25) is 5.91 Å². The van der Waals surface area contributed by atoms with Gasteiger partial charge in [0.25, 0.3) is 5.91 Å². The third kappa shape index (κ3) is 4.90. The van der Waals surface area contributed by atoms with Crippen molar-refractivity contribution in [2.24, 2.45) is 11.3 Å². The summed E-state index contributed by atoms with van der Waals surface area (Å²) in [5.41, 5.74) is 0.397. The lowest BCUT2D eigenvalue weighted by Crippen LogP contribution is -2.52. The van der Waals surface area contributed by atoms with E-state index in [-0.39, 0.29) is 30.9 Å². The highest BCUT2D eigenvalue weighted by Gasteiger charge is 2.44. The lowest BCUT2D eigenvalue weighted by molar-refractivity contribution is -0.155. The predicted molar refractivity (Wildman–Crippen MR) is 105 cm³/mol.